The number of hydrogen-bond acceptors (Lipinski definition) is 3. The Bertz CT molecular complexity index is 705. The van der Waals surface area contributed by atoms with Crippen molar-refractivity contribution in [1.29, 1.82) is 0 Å². The number of hydrogen-bond donors (Lipinski definition) is 1. The lowest BCUT2D eigenvalue weighted by molar-refractivity contribution is 0.592. The van der Waals surface area contributed by atoms with E-state index in [1.807, 2.05) is 18.2 Å². The molecule has 0 saturated heterocycles. The zero-order chi connectivity index (χ0) is 14.2. The summed E-state index contributed by atoms with van der Waals surface area (Å²) in [6, 6.07) is 16.7. The van der Waals surface area contributed by atoms with Crippen LogP contribution < -0.4 is 5.32 Å². The third kappa shape index (κ3) is 2.54. The minimum atomic E-state index is 0.111. The van der Waals surface area contributed by atoms with Crippen LogP contribution in [0, 0.1) is 0 Å². The fraction of sp³-hybridized carbons (Fsp3) is 0.235. The standard InChI is InChI=1S/C17H18N2S/c1-17(2,3)12-8-4-5-9-13(12)18-16-19-14-10-6-7-11-15(14)20-16/h4-11H,1-3H3,(H,18,19). The molecule has 0 radical (unpaired) electrons. The van der Waals surface area contributed by atoms with E-state index in [4.69, 9.17) is 0 Å². The maximum absolute atomic E-state index is 4.64. The Kier molecular flexibility index (Phi) is 3.22. The molecule has 0 fully saturated rings. The summed E-state index contributed by atoms with van der Waals surface area (Å²) in [4.78, 5) is 4.64. The molecule has 3 heteroatoms. The second-order valence-electron chi connectivity index (χ2n) is 5.91. The summed E-state index contributed by atoms with van der Waals surface area (Å²) in [5.74, 6) is 0. The number of nitrogens with one attached hydrogen (secondary N) is 1. The zero-order valence-electron chi connectivity index (χ0n) is 12.0. The third-order valence-electron chi connectivity index (χ3n) is 3.27. The number of rotatable bonds is 2. The van der Waals surface area contributed by atoms with Gasteiger partial charge in [-0.25, -0.2) is 4.98 Å². The molecule has 102 valence electrons. The van der Waals surface area contributed by atoms with E-state index in [0.29, 0.717) is 0 Å². The SMILES string of the molecule is CC(C)(C)c1ccccc1Nc1nc2ccccc2s1. The number of nitrogens with zero attached hydrogens (tertiary/aromatic N) is 1. The summed E-state index contributed by atoms with van der Waals surface area (Å²) in [5.41, 5.74) is 3.60. The van der Waals surface area contributed by atoms with Gasteiger partial charge < -0.3 is 5.32 Å². The fourth-order valence-electron chi connectivity index (χ4n) is 2.29. The highest BCUT2D eigenvalue weighted by atomic mass is 32.1. The molecule has 0 saturated carbocycles. The van der Waals surface area contributed by atoms with Gasteiger partial charge in [-0.2, -0.15) is 0 Å². The van der Waals surface area contributed by atoms with E-state index in [-0.39, 0.29) is 5.41 Å². The summed E-state index contributed by atoms with van der Waals surface area (Å²) >= 11 is 1.69. The third-order valence-corrected chi connectivity index (χ3v) is 4.22. The molecule has 0 aliphatic rings. The van der Waals surface area contributed by atoms with Crippen LogP contribution in [0.15, 0.2) is 48.5 Å². The van der Waals surface area contributed by atoms with Crippen molar-refractivity contribution in [3.8, 4) is 0 Å². The molecule has 0 amide bonds. The molecular weight excluding hydrogens is 264 g/mol. The summed E-state index contributed by atoms with van der Waals surface area (Å²) in [5, 5.41) is 4.42. The predicted octanol–water partition coefficient (Wildman–Crippen LogP) is 5.34. The van der Waals surface area contributed by atoms with Crippen LogP contribution in [0.25, 0.3) is 10.2 Å². The van der Waals surface area contributed by atoms with Crippen LogP contribution in [0.1, 0.15) is 26.3 Å². The van der Waals surface area contributed by atoms with Crippen molar-refractivity contribution in [1.82, 2.24) is 4.98 Å². The van der Waals surface area contributed by atoms with Crippen molar-refractivity contribution in [2.75, 3.05) is 5.32 Å². The van der Waals surface area contributed by atoms with Gasteiger partial charge in [-0.3, -0.25) is 0 Å². The van der Waals surface area contributed by atoms with Crippen molar-refractivity contribution in [3.05, 3.63) is 54.1 Å². The number of anilines is 2. The first-order valence-corrected chi connectivity index (χ1v) is 7.58. The smallest absolute Gasteiger partial charge is 0.188 e. The minimum absolute atomic E-state index is 0.111. The van der Waals surface area contributed by atoms with Crippen LogP contribution in [0.3, 0.4) is 0 Å². The van der Waals surface area contributed by atoms with Crippen molar-refractivity contribution >= 4 is 32.4 Å². The Hall–Kier alpha value is -1.87. The van der Waals surface area contributed by atoms with Crippen LogP contribution in [0.4, 0.5) is 10.8 Å². The van der Waals surface area contributed by atoms with E-state index in [2.05, 4.69) is 61.4 Å². The van der Waals surface area contributed by atoms with Crippen molar-refractivity contribution in [2.24, 2.45) is 0 Å². The second-order valence-corrected chi connectivity index (χ2v) is 6.94. The minimum Gasteiger partial charge on any atom is -0.331 e. The maximum atomic E-state index is 4.64. The summed E-state index contributed by atoms with van der Waals surface area (Å²) in [7, 11) is 0. The molecule has 2 aromatic carbocycles. The largest absolute Gasteiger partial charge is 0.331 e. The van der Waals surface area contributed by atoms with E-state index < -0.39 is 0 Å². The van der Waals surface area contributed by atoms with E-state index in [1.54, 1.807) is 11.3 Å². The van der Waals surface area contributed by atoms with Gasteiger partial charge in [0.15, 0.2) is 5.13 Å². The first kappa shape index (κ1) is 13.1. The monoisotopic (exact) mass is 282 g/mol. The van der Waals surface area contributed by atoms with Gasteiger partial charge in [0, 0.05) is 5.69 Å². The zero-order valence-corrected chi connectivity index (χ0v) is 12.8. The van der Waals surface area contributed by atoms with Crippen LogP contribution in [-0.4, -0.2) is 4.98 Å². The molecule has 0 atom stereocenters. The molecule has 3 aromatic rings. The lowest BCUT2D eigenvalue weighted by Crippen LogP contribution is -2.13. The van der Waals surface area contributed by atoms with E-state index in [0.717, 1.165) is 16.3 Å². The maximum Gasteiger partial charge on any atom is 0.188 e. The van der Waals surface area contributed by atoms with Crippen LogP contribution >= 0.6 is 11.3 Å². The number of thiazole rings is 1. The summed E-state index contributed by atoms with van der Waals surface area (Å²) < 4.78 is 1.21. The molecule has 1 aromatic heterocycles. The van der Waals surface area contributed by atoms with Gasteiger partial charge in [-0.1, -0.05) is 62.4 Å². The van der Waals surface area contributed by atoms with E-state index in [1.165, 1.54) is 10.3 Å². The normalized spacial score (nSPS) is 11.8. The topological polar surface area (TPSA) is 24.9 Å². The molecule has 0 bridgehead atoms. The molecule has 20 heavy (non-hydrogen) atoms. The highest BCUT2D eigenvalue weighted by molar-refractivity contribution is 7.22. The Morgan fingerprint density at radius 2 is 1.65 bits per heavy atom. The van der Waals surface area contributed by atoms with Gasteiger partial charge in [-0.05, 0) is 29.2 Å². The van der Waals surface area contributed by atoms with Gasteiger partial charge >= 0.3 is 0 Å². The molecule has 1 N–H and O–H groups in total. The lowest BCUT2D eigenvalue weighted by Gasteiger charge is -2.22. The summed E-state index contributed by atoms with van der Waals surface area (Å²) in [6.45, 7) is 6.68. The van der Waals surface area contributed by atoms with Gasteiger partial charge in [0.25, 0.3) is 0 Å². The first-order valence-electron chi connectivity index (χ1n) is 6.76. The van der Waals surface area contributed by atoms with E-state index >= 15 is 0 Å². The fourth-order valence-corrected chi connectivity index (χ4v) is 3.17. The van der Waals surface area contributed by atoms with E-state index in [9.17, 15) is 0 Å². The number of fused-ring (bicyclic) bond motifs is 1. The molecule has 0 unspecified atom stereocenters. The molecule has 0 spiro atoms. The van der Waals surface area contributed by atoms with Gasteiger partial charge in [0.2, 0.25) is 0 Å². The van der Waals surface area contributed by atoms with Crippen LogP contribution in [0.5, 0.6) is 0 Å². The van der Waals surface area contributed by atoms with Gasteiger partial charge in [0.05, 0.1) is 10.2 Å². The number of para-hydroxylation sites is 2. The molecule has 1 heterocycles. The summed E-state index contributed by atoms with van der Waals surface area (Å²) in [6.07, 6.45) is 0. The Morgan fingerprint density at radius 3 is 2.40 bits per heavy atom. The Morgan fingerprint density at radius 1 is 0.950 bits per heavy atom. The van der Waals surface area contributed by atoms with Crippen molar-refractivity contribution < 1.29 is 0 Å². The first-order chi connectivity index (χ1) is 9.54. The number of benzene rings is 2. The molecule has 0 aliphatic carbocycles. The molecule has 3 rings (SSSR count). The molecular formula is C17H18N2S. The highest BCUT2D eigenvalue weighted by Crippen LogP contribution is 2.33. The Labute approximate surface area is 123 Å². The number of aromatic nitrogens is 1. The van der Waals surface area contributed by atoms with Crippen LogP contribution in [-0.2, 0) is 5.41 Å². The quantitative estimate of drug-likeness (QED) is 0.686. The second kappa shape index (κ2) is 4.91. The predicted molar refractivity (Wildman–Crippen MR) is 88.0 cm³/mol. The van der Waals surface area contributed by atoms with Gasteiger partial charge in [0.1, 0.15) is 0 Å². The average molecular weight is 282 g/mol. The Balaban J connectivity index is 1.99. The lowest BCUT2D eigenvalue weighted by atomic mass is 9.86. The van der Waals surface area contributed by atoms with Gasteiger partial charge in [-0.15, -0.1) is 0 Å². The molecule has 0 aliphatic heterocycles. The highest BCUT2D eigenvalue weighted by Gasteiger charge is 2.18. The average Bonchev–Trinajstić information content (AvgIpc) is 2.80. The molecule has 2 nitrogen and oxygen atoms in total. The van der Waals surface area contributed by atoms with Crippen molar-refractivity contribution in [3.63, 3.8) is 0 Å². The van der Waals surface area contributed by atoms with Crippen LogP contribution in [0.2, 0.25) is 0 Å². The van der Waals surface area contributed by atoms with Crippen molar-refractivity contribution in [2.45, 2.75) is 26.2 Å².